The molecular formula is C41H77NO9. The molecule has 0 radical (unpaired) electrons. The van der Waals surface area contributed by atoms with E-state index in [1.54, 1.807) is 0 Å². The van der Waals surface area contributed by atoms with Crippen LogP contribution in [-0.2, 0) is 14.3 Å². The predicted molar refractivity (Wildman–Crippen MR) is 204 cm³/mol. The van der Waals surface area contributed by atoms with E-state index in [1.807, 2.05) is 0 Å². The van der Waals surface area contributed by atoms with Crippen molar-refractivity contribution in [2.75, 3.05) is 13.2 Å². The van der Waals surface area contributed by atoms with Gasteiger partial charge in [-0.3, -0.25) is 4.79 Å². The number of ether oxygens (including phenoxy) is 2. The Kier molecular flexibility index (Phi) is 30.0. The zero-order chi connectivity index (χ0) is 37.5. The van der Waals surface area contributed by atoms with Gasteiger partial charge in [0.25, 0.3) is 0 Å². The van der Waals surface area contributed by atoms with Crippen LogP contribution in [0.3, 0.4) is 0 Å². The first-order valence-corrected chi connectivity index (χ1v) is 20.6. The fourth-order valence-corrected chi connectivity index (χ4v) is 6.53. The highest BCUT2D eigenvalue weighted by atomic mass is 16.7. The number of rotatable bonds is 33. The normalized spacial score (nSPS) is 22.9. The molecule has 7 N–H and O–H groups in total. The van der Waals surface area contributed by atoms with Crippen LogP contribution < -0.4 is 5.32 Å². The molecular weight excluding hydrogens is 650 g/mol. The van der Waals surface area contributed by atoms with Crippen LogP contribution in [0.5, 0.6) is 0 Å². The first-order chi connectivity index (χ1) is 24.8. The first-order valence-electron chi connectivity index (χ1n) is 20.6. The standard InChI is InChI=1S/C41H77NO9/c1-3-5-7-9-11-13-15-17-18-20-22-24-26-28-30-36(45)42-33(32-50-41-40(49)39(48)38(47)35(31-43)51-41)37(46)34(44)29-27-25-23-21-19-16-14-12-10-8-6-4-2/h5,7,11,13,33-35,37-41,43-44,46-49H,3-4,6,8-10,12,14-32H2,1-2H3,(H,42,45)/b7-5-,13-11+/t33-,34-,35+,37-,38+,39-,40+,41-/m0/s1. The maximum atomic E-state index is 12.9. The van der Waals surface area contributed by atoms with Crippen molar-refractivity contribution in [1.82, 2.24) is 5.32 Å². The van der Waals surface area contributed by atoms with Crippen LogP contribution in [0.25, 0.3) is 0 Å². The Labute approximate surface area is 310 Å². The summed E-state index contributed by atoms with van der Waals surface area (Å²) in [7, 11) is 0. The van der Waals surface area contributed by atoms with Crippen molar-refractivity contribution < 1.29 is 44.9 Å². The minimum atomic E-state index is -1.61. The third-order valence-electron chi connectivity index (χ3n) is 9.91. The summed E-state index contributed by atoms with van der Waals surface area (Å²) in [5.74, 6) is -0.269. The SMILES string of the molecule is CC/C=C\C/C=C/CCCCCCCCCC(=O)N[C@@H](CO[C@H]1O[C@H](CO)[C@@H](O)[C@H](O)[C@H]1O)[C@H](O)[C@@H](O)CCCCCCCCCCCCCC. The molecule has 1 rings (SSSR count). The predicted octanol–water partition coefficient (Wildman–Crippen LogP) is 6.52. The van der Waals surface area contributed by atoms with Gasteiger partial charge in [0, 0.05) is 6.42 Å². The Bertz CT molecular complexity index is 870. The summed E-state index contributed by atoms with van der Waals surface area (Å²) in [4.78, 5) is 12.9. The van der Waals surface area contributed by atoms with E-state index < -0.39 is 55.6 Å². The number of amides is 1. The second-order valence-electron chi connectivity index (χ2n) is 14.5. The largest absolute Gasteiger partial charge is 0.394 e. The van der Waals surface area contributed by atoms with E-state index in [9.17, 15) is 35.4 Å². The average molecular weight is 728 g/mol. The third kappa shape index (κ3) is 23.1. The second-order valence-corrected chi connectivity index (χ2v) is 14.5. The molecule has 1 aliphatic heterocycles. The molecule has 1 fully saturated rings. The smallest absolute Gasteiger partial charge is 0.220 e. The summed E-state index contributed by atoms with van der Waals surface area (Å²) in [6, 6.07) is -0.992. The van der Waals surface area contributed by atoms with Crippen molar-refractivity contribution in [3.8, 4) is 0 Å². The third-order valence-corrected chi connectivity index (χ3v) is 9.91. The van der Waals surface area contributed by atoms with Crippen LogP contribution in [0.4, 0.5) is 0 Å². The van der Waals surface area contributed by atoms with Gasteiger partial charge in [0.2, 0.25) is 5.91 Å². The van der Waals surface area contributed by atoms with E-state index in [1.165, 1.54) is 70.6 Å². The molecule has 0 bridgehead atoms. The summed E-state index contributed by atoms with van der Waals surface area (Å²) in [5, 5.41) is 64.9. The summed E-state index contributed by atoms with van der Waals surface area (Å²) >= 11 is 0. The van der Waals surface area contributed by atoms with Crippen LogP contribution in [0.2, 0.25) is 0 Å². The summed E-state index contributed by atoms with van der Waals surface area (Å²) < 4.78 is 11.1. The minimum absolute atomic E-state index is 0.269. The maximum absolute atomic E-state index is 12.9. The van der Waals surface area contributed by atoms with E-state index in [0.29, 0.717) is 12.8 Å². The molecule has 1 aliphatic rings. The molecule has 10 heteroatoms. The molecule has 8 atom stereocenters. The fraction of sp³-hybridized carbons (Fsp3) is 0.878. The van der Waals surface area contributed by atoms with Gasteiger partial charge >= 0.3 is 0 Å². The summed E-state index contributed by atoms with van der Waals surface area (Å²) in [6.45, 7) is 3.47. The molecule has 10 nitrogen and oxygen atoms in total. The monoisotopic (exact) mass is 728 g/mol. The fourth-order valence-electron chi connectivity index (χ4n) is 6.53. The minimum Gasteiger partial charge on any atom is -0.394 e. The molecule has 0 saturated carbocycles. The molecule has 1 saturated heterocycles. The quantitative estimate of drug-likeness (QED) is 0.0294. The van der Waals surface area contributed by atoms with Gasteiger partial charge in [-0.15, -0.1) is 0 Å². The number of hydrogen-bond donors (Lipinski definition) is 7. The van der Waals surface area contributed by atoms with Gasteiger partial charge in [0.15, 0.2) is 6.29 Å². The lowest BCUT2D eigenvalue weighted by Gasteiger charge is -2.40. The highest BCUT2D eigenvalue weighted by Gasteiger charge is 2.44. The van der Waals surface area contributed by atoms with Gasteiger partial charge in [-0.05, 0) is 38.5 Å². The van der Waals surface area contributed by atoms with Gasteiger partial charge < -0.3 is 45.4 Å². The van der Waals surface area contributed by atoms with Crippen molar-refractivity contribution in [2.24, 2.45) is 0 Å². The van der Waals surface area contributed by atoms with E-state index in [-0.39, 0.29) is 18.9 Å². The maximum Gasteiger partial charge on any atom is 0.220 e. The number of carbonyl (C=O) groups excluding carboxylic acids is 1. The van der Waals surface area contributed by atoms with Crippen molar-refractivity contribution in [3.05, 3.63) is 24.3 Å². The second kappa shape index (κ2) is 32.1. The molecule has 0 spiro atoms. The van der Waals surface area contributed by atoms with Gasteiger partial charge in [-0.1, -0.05) is 147 Å². The van der Waals surface area contributed by atoms with E-state index in [2.05, 4.69) is 43.5 Å². The lowest BCUT2D eigenvalue weighted by molar-refractivity contribution is -0.303. The number of hydrogen-bond acceptors (Lipinski definition) is 9. The summed E-state index contributed by atoms with van der Waals surface area (Å²) in [6.07, 6.45) is 24.7. The van der Waals surface area contributed by atoms with Crippen molar-refractivity contribution in [3.63, 3.8) is 0 Å². The molecule has 1 heterocycles. The zero-order valence-electron chi connectivity index (χ0n) is 32.2. The number of aliphatic hydroxyl groups excluding tert-OH is 6. The van der Waals surface area contributed by atoms with E-state index in [0.717, 1.165) is 64.2 Å². The Morgan fingerprint density at radius 2 is 1.25 bits per heavy atom. The van der Waals surface area contributed by atoms with Gasteiger partial charge in [-0.2, -0.15) is 0 Å². The highest BCUT2D eigenvalue weighted by Crippen LogP contribution is 2.23. The number of unbranched alkanes of at least 4 members (excludes halogenated alkanes) is 18. The van der Waals surface area contributed by atoms with Gasteiger partial charge in [0.1, 0.15) is 30.5 Å². The van der Waals surface area contributed by atoms with E-state index >= 15 is 0 Å². The van der Waals surface area contributed by atoms with E-state index in [4.69, 9.17) is 9.47 Å². The molecule has 51 heavy (non-hydrogen) atoms. The Morgan fingerprint density at radius 1 is 0.706 bits per heavy atom. The van der Waals surface area contributed by atoms with Crippen molar-refractivity contribution >= 4 is 5.91 Å². The van der Waals surface area contributed by atoms with Crippen LogP contribution in [0.1, 0.15) is 168 Å². The topological polar surface area (TPSA) is 169 Å². The van der Waals surface area contributed by atoms with Crippen molar-refractivity contribution in [2.45, 2.75) is 217 Å². The van der Waals surface area contributed by atoms with Crippen LogP contribution >= 0.6 is 0 Å². The molecule has 0 aliphatic carbocycles. The number of nitrogens with one attached hydrogen (secondary N) is 1. The molecule has 0 aromatic rings. The first kappa shape index (κ1) is 47.7. The lowest BCUT2D eigenvalue weighted by Crippen LogP contribution is -2.60. The van der Waals surface area contributed by atoms with Crippen molar-refractivity contribution in [1.29, 1.82) is 0 Å². The molecule has 1 amide bonds. The van der Waals surface area contributed by atoms with Crippen LogP contribution in [-0.4, -0.2) is 98.7 Å². The molecule has 0 aromatic heterocycles. The van der Waals surface area contributed by atoms with Crippen LogP contribution in [0, 0.1) is 0 Å². The average Bonchev–Trinajstić information content (AvgIpc) is 3.13. The zero-order valence-corrected chi connectivity index (χ0v) is 32.2. The number of allylic oxidation sites excluding steroid dienone is 4. The molecule has 0 aromatic carbocycles. The lowest BCUT2D eigenvalue weighted by atomic mass is 9.98. The Morgan fingerprint density at radius 3 is 1.84 bits per heavy atom. The molecule has 0 unspecified atom stereocenters. The Balaban J connectivity index is 2.47. The highest BCUT2D eigenvalue weighted by molar-refractivity contribution is 5.76. The number of aliphatic hydroxyl groups is 6. The van der Waals surface area contributed by atoms with Gasteiger partial charge in [-0.25, -0.2) is 0 Å². The van der Waals surface area contributed by atoms with Gasteiger partial charge in [0.05, 0.1) is 25.4 Å². The summed E-state index contributed by atoms with van der Waals surface area (Å²) in [5.41, 5.74) is 0. The Hall–Kier alpha value is -1.37. The number of carbonyl (C=O) groups is 1. The molecule has 300 valence electrons. The van der Waals surface area contributed by atoms with Crippen LogP contribution in [0.15, 0.2) is 24.3 Å².